The Labute approximate surface area is 120 Å². The van der Waals surface area contributed by atoms with Gasteiger partial charge in [0.05, 0.1) is 0 Å². The minimum Gasteiger partial charge on any atom is -0.381 e. The van der Waals surface area contributed by atoms with Crippen LogP contribution in [0.5, 0.6) is 0 Å². The maximum atomic E-state index is 5.76. The minimum atomic E-state index is 0.458. The Balaban J connectivity index is 2.37. The number of rotatable bonds is 7. The second-order valence-electron chi connectivity index (χ2n) is 7.29. The van der Waals surface area contributed by atoms with Crippen LogP contribution >= 0.6 is 0 Å². The summed E-state index contributed by atoms with van der Waals surface area (Å²) < 4.78 is 5.76. The average molecular weight is 269 g/mol. The van der Waals surface area contributed by atoms with Gasteiger partial charge < -0.3 is 10.1 Å². The Kier molecular flexibility index (Phi) is 7.38. The van der Waals surface area contributed by atoms with Crippen molar-refractivity contribution in [2.24, 2.45) is 17.3 Å². The van der Waals surface area contributed by atoms with Crippen LogP contribution in [0.15, 0.2) is 0 Å². The topological polar surface area (TPSA) is 21.3 Å². The lowest BCUT2D eigenvalue weighted by Gasteiger charge is -2.42. The molecule has 2 nitrogen and oxygen atoms in total. The van der Waals surface area contributed by atoms with E-state index in [1.165, 1.54) is 38.5 Å². The Morgan fingerprint density at radius 1 is 1.16 bits per heavy atom. The highest BCUT2D eigenvalue weighted by atomic mass is 16.5. The summed E-state index contributed by atoms with van der Waals surface area (Å²) in [5.74, 6) is 1.67. The molecule has 3 unspecified atom stereocenters. The molecule has 0 radical (unpaired) electrons. The van der Waals surface area contributed by atoms with E-state index in [9.17, 15) is 0 Å². The lowest BCUT2D eigenvalue weighted by Crippen LogP contribution is -2.41. The van der Waals surface area contributed by atoms with Gasteiger partial charge in [0.1, 0.15) is 0 Å². The Bertz CT molecular complexity index is 234. The van der Waals surface area contributed by atoms with Gasteiger partial charge in [0.25, 0.3) is 0 Å². The molecular formula is C17H35NO. The molecule has 0 aromatic carbocycles. The minimum absolute atomic E-state index is 0.458. The zero-order valence-electron chi connectivity index (χ0n) is 13.8. The third-order valence-electron chi connectivity index (χ3n) is 4.85. The van der Waals surface area contributed by atoms with Crippen molar-refractivity contribution in [3.05, 3.63) is 0 Å². The molecule has 1 saturated carbocycles. The Hall–Kier alpha value is -0.0800. The molecule has 2 heteroatoms. The number of unbranched alkanes of at least 4 members (excludes halogenated alkanes) is 1. The van der Waals surface area contributed by atoms with Crippen LogP contribution in [0.25, 0.3) is 0 Å². The molecule has 0 saturated heterocycles. The van der Waals surface area contributed by atoms with Crippen molar-refractivity contribution < 1.29 is 4.74 Å². The number of hydrogen-bond acceptors (Lipinski definition) is 2. The first-order chi connectivity index (χ1) is 8.99. The normalized spacial score (nSPS) is 28.6. The fourth-order valence-corrected chi connectivity index (χ4v) is 3.33. The molecule has 1 fully saturated rings. The van der Waals surface area contributed by atoms with Crippen LogP contribution in [0.3, 0.4) is 0 Å². The third kappa shape index (κ3) is 5.83. The van der Waals surface area contributed by atoms with E-state index < -0.39 is 0 Å². The molecule has 0 heterocycles. The fourth-order valence-electron chi connectivity index (χ4n) is 3.33. The predicted octanol–water partition coefficient (Wildman–Crippen LogP) is 4.24. The van der Waals surface area contributed by atoms with Gasteiger partial charge in [0.2, 0.25) is 0 Å². The lowest BCUT2D eigenvalue weighted by atomic mass is 9.67. The smallest absolute Gasteiger partial charge is 0.0469 e. The van der Waals surface area contributed by atoms with Gasteiger partial charge in [0.15, 0.2) is 0 Å². The molecular weight excluding hydrogens is 234 g/mol. The summed E-state index contributed by atoms with van der Waals surface area (Å²) in [5, 5.41) is 3.52. The molecule has 1 aliphatic rings. The molecule has 0 aromatic rings. The molecule has 1 rings (SSSR count). The van der Waals surface area contributed by atoms with Crippen molar-refractivity contribution in [2.45, 2.75) is 72.3 Å². The highest BCUT2D eigenvalue weighted by molar-refractivity contribution is 4.88. The van der Waals surface area contributed by atoms with Crippen molar-refractivity contribution >= 4 is 0 Å². The van der Waals surface area contributed by atoms with Gasteiger partial charge in [-0.15, -0.1) is 0 Å². The molecule has 1 N–H and O–H groups in total. The molecule has 1 aliphatic carbocycles. The van der Waals surface area contributed by atoms with E-state index in [0.717, 1.165) is 25.0 Å². The SMILES string of the molecule is CCCCOCCC1CC(C(C)(C)C)CCC1NC. The Morgan fingerprint density at radius 2 is 1.89 bits per heavy atom. The van der Waals surface area contributed by atoms with Crippen LogP contribution in [-0.2, 0) is 4.74 Å². The van der Waals surface area contributed by atoms with Crippen LogP contribution in [0.2, 0.25) is 0 Å². The van der Waals surface area contributed by atoms with Gasteiger partial charge in [-0.05, 0) is 56.4 Å². The monoisotopic (exact) mass is 269 g/mol. The van der Waals surface area contributed by atoms with Crippen LogP contribution in [-0.4, -0.2) is 26.3 Å². The second-order valence-corrected chi connectivity index (χ2v) is 7.29. The van der Waals surface area contributed by atoms with E-state index in [1.54, 1.807) is 0 Å². The first-order valence-corrected chi connectivity index (χ1v) is 8.24. The van der Waals surface area contributed by atoms with Gasteiger partial charge >= 0.3 is 0 Å². The first-order valence-electron chi connectivity index (χ1n) is 8.24. The summed E-state index contributed by atoms with van der Waals surface area (Å²) in [6, 6.07) is 0.702. The molecule has 0 aliphatic heterocycles. The summed E-state index contributed by atoms with van der Waals surface area (Å²) in [7, 11) is 2.12. The second kappa shape index (κ2) is 8.26. The number of ether oxygens (including phenoxy) is 1. The van der Waals surface area contributed by atoms with Gasteiger partial charge in [-0.2, -0.15) is 0 Å². The van der Waals surface area contributed by atoms with E-state index >= 15 is 0 Å². The van der Waals surface area contributed by atoms with Gasteiger partial charge in [0, 0.05) is 19.3 Å². The van der Waals surface area contributed by atoms with Crippen molar-refractivity contribution in [2.75, 3.05) is 20.3 Å². The molecule has 0 bridgehead atoms. The summed E-state index contributed by atoms with van der Waals surface area (Å²) in [6.45, 7) is 11.3. The lowest BCUT2D eigenvalue weighted by molar-refractivity contribution is 0.0728. The maximum Gasteiger partial charge on any atom is 0.0469 e. The highest BCUT2D eigenvalue weighted by Crippen LogP contribution is 2.41. The standard InChI is InChI=1S/C17H35NO/c1-6-7-11-19-12-10-14-13-15(17(2,3)4)8-9-16(14)18-5/h14-16,18H,6-13H2,1-5H3. The van der Waals surface area contributed by atoms with E-state index in [-0.39, 0.29) is 0 Å². The largest absolute Gasteiger partial charge is 0.381 e. The first kappa shape index (κ1) is 17.0. The maximum absolute atomic E-state index is 5.76. The predicted molar refractivity (Wildman–Crippen MR) is 83.5 cm³/mol. The quantitative estimate of drug-likeness (QED) is 0.698. The van der Waals surface area contributed by atoms with Gasteiger partial charge in [-0.1, -0.05) is 34.1 Å². The summed E-state index contributed by atoms with van der Waals surface area (Å²) in [6.07, 6.45) is 7.73. The zero-order valence-corrected chi connectivity index (χ0v) is 13.8. The Morgan fingerprint density at radius 3 is 2.47 bits per heavy atom. The average Bonchev–Trinajstić information content (AvgIpc) is 2.37. The summed E-state index contributed by atoms with van der Waals surface area (Å²) >= 11 is 0. The van der Waals surface area contributed by atoms with Gasteiger partial charge in [-0.3, -0.25) is 0 Å². The van der Waals surface area contributed by atoms with Crippen molar-refractivity contribution in [3.8, 4) is 0 Å². The van der Waals surface area contributed by atoms with Crippen molar-refractivity contribution in [1.29, 1.82) is 0 Å². The molecule has 114 valence electrons. The molecule has 3 atom stereocenters. The molecule has 0 amide bonds. The van der Waals surface area contributed by atoms with Crippen LogP contribution in [0, 0.1) is 17.3 Å². The third-order valence-corrected chi connectivity index (χ3v) is 4.85. The molecule has 0 aromatic heterocycles. The highest BCUT2D eigenvalue weighted by Gasteiger charge is 2.34. The van der Waals surface area contributed by atoms with E-state index in [2.05, 4.69) is 40.1 Å². The van der Waals surface area contributed by atoms with E-state index in [0.29, 0.717) is 11.5 Å². The zero-order chi connectivity index (χ0) is 14.3. The van der Waals surface area contributed by atoms with Gasteiger partial charge in [-0.25, -0.2) is 0 Å². The molecule has 19 heavy (non-hydrogen) atoms. The summed E-state index contributed by atoms with van der Waals surface area (Å²) in [4.78, 5) is 0. The summed E-state index contributed by atoms with van der Waals surface area (Å²) in [5.41, 5.74) is 0.458. The van der Waals surface area contributed by atoms with Crippen LogP contribution in [0.1, 0.15) is 66.2 Å². The number of hydrogen-bond donors (Lipinski definition) is 1. The van der Waals surface area contributed by atoms with E-state index in [4.69, 9.17) is 4.74 Å². The van der Waals surface area contributed by atoms with Crippen molar-refractivity contribution in [1.82, 2.24) is 5.32 Å². The number of nitrogens with one attached hydrogen (secondary N) is 1. The van der Waals surface area contributed by atoms with E-state index in [1.807, 2.05) is 0 Å². The fraction of sp³-hybridized carbons (Fsp3) is 1.00. The molecule has 0 spiro atoms. The van der Waals surface area contributed by atoms with Crippen LogP contribution < -0.4 is 5.32 Å². The van der Waals surface area contributed by atoms with Crippen LogP contribution in [0.4, 0.5) is 0 Å². The van der Waals surface area contributed by atoms with Crippen molar-refractivity contribution in [3.63, 3.8) is 0 Å².